The first-order chi connectivity index (χ1) is 13.2. The van der Waals surface area contributed by atoms with Gasteiger partial charge in [0.1, 0.15) is 0 Å². The van der Waals surface area contributed by atoms with Crippen LogP contribution in [-0.2, 0) is 4.74 Å². The monoisotopic (exact) mass is 367 g/mol. The van der Waals surface area contributed by atoms with Gasteiger partial charge in [0, 0.05) is 57.1 Å². The maximum atomic E-state index is 12.7. The smallest absolute Gasteiger partial charge is 0.253 e. The minimum absolute atomic E-state index is 0.0990. The lowest BCUT2D eigenvalue weighted by molar-refractivity contribution is 0.0598. The molecule has 0 aromatic carbocycles. The van der Waals surface area contributed by atoms with Crippen LogP contribution in [0.25, 0.3) is 0 Å². The van der Waals surface area contributed by atoms with Crippen LogP contribution in [0.5, 0.6) is 0 Å². The number of likely N-dealkylation sites (tertiary alicyclic amines) is 1. The van der Waals surface area contributed by atoms with Crippen LogP contribution in [0.15, 0.2) is 43.0 Å². The molecule has 1 amide bonds. The highest BCUT2D eigenvalue weighted by molar-refractivity contribution is 5.94. The molecule has 1 spiro atoms. The Bertz CT molecular complexity index is 762. The molecule has 1 atom stereocenters. The third kappa shape index (κ3) is 3.64. The summed E-state index contributed by atoms with van der Waals surface area (Å²) < 4.78 is 5.46. The molecular weight excluding hydrogens is 342 g/mol. The molecule has 2 aliphatic heterocycles. The number of amides is 1. The maximum absolute atomic E-state index is 12.7. The topological polar surface area (TPSA) is 71.5 Å². The van der Waals surface area contributed by atoms with Crippen molar-refractivity contribution in [1.82, 2.24) is 19.9 Å². The van der Waals surface area contributed by atoms with E-state index in [1.54, 1.807) is 44.0 Å². The Morgan fingerprint density at radius 1 is 1.19 bits per heavy atom. The first-order valence-corrected chi connectivity index (χ1v) is 9.43. The molecular formula is C20H25N5O2. The Morgan fingerprint density at radius 3 is 2.56 bits per heavy atom. The second kappa shape index (κ2) is 7.60. The summed E-state index contributed by atoms with van der Waals surface area (Å²) in [6, 6.07) is 5.68. The largest absolute Gasteiger partial charge is 0.383 e. The van der Waals surface area contributed by atoms with Crippen molar-refractivity contribution in [2.75, 3.05) is 38.3 Å². The molecule has 7 heteroatoms. The molecule has 0 aliphatic carbocycles. The van der Waals surface area contributed by atoms with Gasteiger partial charge in [-0.05, 0) is 42.9 Å². The molecule has 2 saturated heterocycles. The summed E-state index contributed by atoms with van der Waals surface area (Å²) in [6.07, 6.45) is 9.95. The van der Waals surface area contributed by atoms with Crippen molar-refractivity contribution in [2.45, 2.75) is 25.3 Å². The number of hydrogen-bond acceptors (Lipinski definition) is 6. The van der Waals surface area contributed by atoms with E-state index in [-0.39, 0.29) is 17.4 Å². The summed E-state index contributed by atoms with van der Waals surface area (Å²) in [5, 5.41) is 0. The van der Waals surface area contributed by atoms with Crippen molar-refractivity contribution in [3.8, 4) is 0 Å². The van der Waals surface area contributed by atoms with E-state index >= 15 is 0 Å². The zero-order valence-corrected chi connectivity index (χ0v) is 15.6. The Balaban J connectivity index is 1.45. The van der Waals surface area contributed by atoms with E-state index in [1.807, 2.05) is 11.0 Å². The van der Waals surface area contributed by atoms with E-state index < -0.39 is 0 Å². The van der Waals surface area contributed by atoms with Gasteiger partial charge >= 0.3 is 0 Å². The minimum atomic E-state index is 0.0990. The van der Waals surface area contributed by atoms with Crippen LogP contribution in [0.4, 0.5) is 5.95 Å². The van der Waals surface area contributed by atoms with Crippen LogP contribution < -0.4 is 4.90 Å². The van der Waals surface area contributed by atoms with Crippen LogP contribution >= 0.6 is 0 Å². The molecule has 27 heavy (non-hydrogen) atoms. The van der Waals surface area contributed by atoms with Gasteiger partial charge in [-0.25, -0.2) is 9.97 Å². The Morgan fingerprint density at radius 2 is 1.89 bits per heavy atom. The predicted octanol–water partition coefficient (Wildman–Crippen LogP) is 2.02. The highest BCUT2D eigenvalue weighted by Crippen LogP contribution is 2.44. The van der Waals surface area contributed by atoms with Crippen molar-refractivity contribution in [3.05, 3.63) is 48.5 Å². The fraction of sp³-hybridized carbons (Fsp3) is 0.500. The van der Waals surface area contributed by atoms with Gasteiger partial charge in [0.25, 0.3) is 5.91 Å². The lowest BCUT2D eigenvalue weighted by Gasteiger charge is -2.39. The fourth-order valence-corrected chi connectivity index (χ4v) is 4.40. The lowest BCUT2D eigenvalue weighted by Crippen LogP contribution is -2.44. The zero-order chi connectivity index (χ0) is 18.7. The molecule has 0 radical (unpaired) electrons. The standard InChI is InChI=1S/C20H25N5O2/c1-27-14-17-13-20(15-25(17)19-22-7-2-8-23-19)5-11-24(12-6-20)18(26)16-3-9-21-10-4-16/h2-4,7-10,17H,5-6,11-15H2,1H3/t17-/m1/s1. The van der Waals surface area contributed by atoms with Gasteiger partial charge in [0.05, 0.1) is 12.6 Å². The van der Waals surface area contributed by atoms with Crippen LogP contribution in [0, 0.1) is 5.41 Å². The maximum Gasteiger partial charge on any atom is 0.253 e. The number of anilines is 1. The van der Waals surface area contributed by atoms with Crippen LogP contribution in [0.2, 0.25) is 0 Å². The average Bonchev–Trinajstić information content (AvgIpc) is 3.07. The first kappa shape index (κ1) is 17.9. The number of methoxy groups -OCH3 is 1. The Labute approximate surface area is 159 Å². The normalized spacial score (nSPS) is 21.6. The van der Waals surface area contributed by atoms with Gasteiger partial charge in [-0.15, -0.1) is 0 Å². The van der Waals surface area contributed by atoms with Crippen molar-refractivity contribution in [1.29, 1.82) is 0 Å². The van der Waals surface area contributed by atoms with E-state index in [2.05, 4.69) is 19.9 Å². The number of carbonyl (C=O) groups is 1. The second-order valence-corrected chi connectivity index (χ2v) is 7.52. The summed E-state index contributed by atoms with van der Waals surface area (Å²) in [5.41, 5.74) is 0.904. The van der Waals surface area contributed by atoms with Gasteiger partial charge in [-0.1, -0.05) is 0 Å². The molecule has 2 aromatic rings. The summed E-state index contributed by atoms with van der Waals surface area (Å²) in [4.78, 5) is 29.8. The highest BCUT2D eigenvalue weighted by atomic mass is 16.5. The number of pyridine rings is 1. The third-order valence-electron chi connectivity index (χ3n) is 5.82. The molecule has 4 rings (SSSR count). The molecule has 0 N–H and O–H groups in total. The van der Waals surface area contributed by atoms with E-state index in [0.717, 1.165) is 44.8 Å². The molecule has 142 valence electrons. The number of aromatic nitrogens is 3. The van der Waals surface area contributed by atoms with Crippen LogP contribution in [0.3, 0.4) is 0 Å². The number of piperidine rings is 1. The van der Waals surface area contributed by atoms with Gasteiger partial charge in [0.2, 0.25) is 5.95 Å². The molecule has 0 saturated carbocycles. The van der Waals surface area contributed by atoms with Gasteiger partial charge < -0.3 is 14.5 Å². The zero-order valence-electron chi connectivity index (χ0n) is 15.6. The molecule has 0 unspecified atom stereocenters. The fourth-order valence-electron chi connectivity index (χ4n) is 4.40. The number of ether oxygens (including phenoxy) is 1. The molecule has 2 fully saturated rings. The van der Waals surface area contributed by atoms with E-state index in [0.29, 0.717) is 12.2 Å². The minimum Gasteiger partial charge on any atom is -0.383 e. The number of hydrogen-bond donors (Lipinski definition) is 0. The first-order valence-electron chi connectivity index (χ1n) is 9.43. The predicted molar refractivity (Wildman–Crippen MR) is 101 cm³/mol. The summed E-state index contributed by atoms with van der Waals surface area (Å²) >= 11 is 0. The van der Waals surface area contributed by atoms with Crippen molar-refractivity contribution >= 4 is 11.9 Å². The van der Waals surface area contributed by atoms with Crippen LogP contribution in [0.1, 0.15) is 29.6 Å². The second-order valence-electron chi connectivity index (χ2n) is 7.52. The Hall–Kier alpha value is -2.54. The molecule has 0 bridgehead atoms. The van der Waals surface area contributed by atoms with E-state index in [9.17, 15) is 4.79 Å². The number of rotatable bonds is 4. The van der Waals surface area contributed by atoms with E-state index in [4.69, 9.17) is 4.74 Å². The third-order valence-corrected chi connectivity index (χ3v) is 5.82. The molecule has 4 heterocycles. The Kier molecular flexibility index (Phi) is 5.03. The average molecular weight is 367 g/mol. The highest BCUT2D eigenvalue weighted by Gasteiger charge is 2.46. The van der Waals surface area contributed by atoms with Gasteiger partial charge in [-0.3, -0.25) is 9.78 Å². The molecule has 2 aromatic heterocycles. The van der Waals surface area contributed by atoms with Crippen molar-refractivity contribution in [3.63, 3.8) is 0 Å². The lowest BCUT2D eigenvalue weighted by atomic mass is 9.76. The summed E-state index contributed by atoms with van der Waals surface area (Å²) in [7, 11) is 1.74. The quantitative estimate of drug-likeness (QED) is 0.823. The van der Waals surface area contributed by atoms with Crippen LogP contribution in [-0.4, -0.2) is 65.2 Å². The van der Waals surface area contributed by atoms with Crippen molar-refractivity contribution < 1.29 is 9.53 Å². The summed E-state index contributed by atoms with van der Waals surface area (Å²) in [6.45, 7) is 3.15. The van der Waals surface area contributed by atoms with E-state index in [1.165, 1.54) is 0 Å². The SMILES string of the molecule is COC[C@H]1CC2(CCN(C(=O)c3ccncc3)CC2)CN1c1ncccn1. The van der Waals surface area contributed by atoms with Crippen molar-refractivity contribution in [2.24, 2.45) is 5.41 Å². The number of nitrogens with zero attached hydrogens (tertiary/aromatic N) is 5. The van der Waals surface area contributed by atoms with Gasteiger partial charge in [-0.2, -0.15) is 0 Å². The summed E-state index contributed by atoms with van der Waals surface area (Å²) in [5.74, 6) is 0.869. The number of carbonyl (C=O) groups excluding carboxylic acids is 1. The molecule has 7 nitrogen and oxygen atoms in total. The van der Waals surface area contributed by atoms with Gasteiger partial charge in [0.15, 0.2) is 0 Å². The molecule has 2 aliphatic rings.